The number of nitrogens with zero attached hydrogens (tertiary/aromatic N) is 2. The molecule has 0 unspecified atom stereocenters. The Morgan fingerprint density at radius 3 is 0.833 bits per heavy atom. The molecule has 0 fully saturated rings. The van der Waals surface area contributed by atoms with Crippen molar-refractivity contribution >= 4 is 0 Å². The lowest BCUT2D eigenvalue weighted by Crippen LogP contribution is -2.02. The van der Waals surface area contributed by atoms with Crippen molar-refractivity contribution in [1.82, 2.24) is 0 Å². The third-order valence-corrected chi connectivity index (χ3v) is 7.24. The van der Waals surface area contributed by atoms with Gasteiger partial charge in [-0.1, -0.05) is 48.5 Å². The second-order valence-electron chi connectivity index (χ2n) is 9.39. The lowest BCUT2D eigenvalue weighted by molar-refractivity contribution is 0.414. The highest BCUT2D eigenvalue weighted by atomic mass is 16.5. The van der Waals surface area contributed by atoms with Crippen LogP contribution in [0, 0.1) is 22.7 Å². The summed E-state index contributed by atoms with van der Waals surface area (Å²) in [6.45, 7) is 0. The number of nitriles is 2. The van der Waals surface area contributed by atoms with Crippen molar-refractivity contribution in [3.8, 4) is 79.6 Å². The van der Waals surface area contributed by atoms with Gasteiger partial charge in [0.05, 0.1) is 39.6 Å². The van der Waals surface area contributed by atoms with Crippen molar-refractivity contribution in [2.75, 3.05) is 28.4 Å². The minimum absolute atomic E-state index is 0.393. The zero-order chi connectivity index (χ0) is 29.6. The third-order valence-electron chi connectivity index (χ3n) is 7.24. The second-order valence-corrected chi connectivity index (χ2v) is 9.39. The quantitative estimate of drug-likeness (QED) is 0.193. The first-order valence-electron chi connectivity index (χ1n) is 13.2. The summed E-state index contributed by atoms with van der Waals surface area (Å²) in [4.78, 5) is 0. The molecule has 0 spiro atoms. The first-order chi connectivity index (χ1) is 20.6. The van der Waals surface area contributed by atoms with Crippen molar-refractivity contribution < 1.29 is 18.9 Å². The van der Waals surface area contributed by atoms with Crippen molar-refractivity contribution in [3.63, 3.8) is 0 Å². The standard InChI is InChI=1S/C36H28N2O4/c1-39-27-13-5-23(6-14-27)33-31(21-37)34(24-7-15-28(40-2)16-8-24)36(26-11-19-30(42-4)20-12-26)35(32(33)22-38)25-9-17-29(41-3)18-10-25/h5-20H,1-4H3. The molecule has 0 heterocycles. The van der Waals surface area contributed by atoms with Gasteiger partial charge in [-0.3, -0.25) is 0 Å². The Kier molecular flexibility index (Phi) is 8.09. The summed E-state index contributed by atoms with van der Waals surface area (Å²) < 4.78 is 21.7. The Morgan fingerprint density at radius 1 is 0.357 bits per heavy atom. The van der Waals surface area contributed by atoms with E-state index in [9.17, 15) is 10.5 Å². The summed E-state index contributed by atoms with van der Waals surface area (Å²) in [6, 6.07) is 35.2. The van der Waals surface area contributed by atoms with E-state index in [1.165, 1.54) is 0 Å². The fourth-order valence-electron chi connectivity index (χ4n) is 5.16. The molecule has 6 nitrogen and oxygen atoms in total. The number of methoxy groups -OCH3 is 4. The van der Waals surface area contributed by atoms with E-state index >= 15 is 0 Å². The van der Waals surface area contributed by atoms with Crippen LogP contribution in [0.1, 0.15) is 11.1 Å². The monoisotopic (exact) mass is 552 g/mol. The van der Waals surface area contributed by atoms with Gasteiger partial charge in [0.1, 0.15) is 35.1 Å². The van der Waals surface area contributed by atoms with Crippen LogP contribution in [0.4, 0.5) is 0 Å². The van der Waals surface area contributed by atoms with Crippen LogP contribution in [0.25, 0.3) is 44.5 Å². The summed E-state index contributed by atoms with van der Waals surface area (Å²) in [5.74, 6) is 2.77. The van der Waals surface area contributed by atoms with Gasteiger partial charge in [0, 0.05) is 22.3 Å². The molecule has 206 valence electrons. The van der Waals surface area contributed by atoms with Gasteiger partial charge < -0.3 is 18.9 Å². The van der Waals surface area contributed by atoms with Gasteiger partial charge in [-0.05, 0) is 70.8 Å². The lowest BCUT2D eigenvalue weighted by atomic mass is 9.78. The molecule has 5 aromatic rings. The average molecular weight is 553 g/mol. The highest BCUT2D eigenvalue weighted by Gasteiger charge is 2.28. The minimum atomic E-state index is 0.393. The van der Waals surface area contributed by atoms with Gasteiger partial charge in [-0.25, -0.2) is 0 Å². The van der Waals surface area contributed by atoms with Crippen LogP contribution in [0.15, 0.2) is 97.1 Å². The second kappa shape index (κ2) is 12.2. The van der Waals surface area contributed by atoms with Gasteiger partial charge in [-0.2, -0.15) is 10.5 Å². The van der Waals surface area contributed by atoms with Gasteiger partial charge in [0.15, 0.2) is 0 Å². The van der Waals surface area contributed by atoms with Crippen LogP contribution in [0.3, 0.4) is 0 Å². The van der Waals surface area contributed by atoms with Crippen LogP contribution < -0.4 is 18.9 Å². The molecule has 0 aliphatic carbocycles. The van der Waals surface area contributed by atoms with E-state index in [0.717, 1.165) is 27.8 Å². The summed E-state index contributed by atoms with van der Waals surface area (Å²) in [7, 11) is 6.45. The zero-order valence-electron chi connectivity index (χ0n) is 23.8. The SMILES string of the molecule is COc1ccc(-c2c(C#N)c(-c3ccc(OC)cc3)c(-c3ccc(OC)cc3)c(-c3ccc(OC)cc3)c2C#N)cc1. The van der Waals surface area contributed by atoms with Crippen molar-refractivity contribution in [2.24, 2.45) is 0 Å². The highest BCUT2D eigenvalue weighted by molar-refractivity contribution is 6.05. The highest BCUT2D eigenvalue weighted by Crippen LogP contribution is 2.49. The molecule has 0 radical (unpaired) electrons. The predicted octanol–water partition coefficient (Wildman–Crippen LogP) is 8.13. The minimum Gasteiger partial charge on any atom is -0.497 e. The Balaban J connectivity index is 1.99. The molecule has 0 atom stereocenters. The fraction of sp³-hybridized carbons (Fsp3) is 0.111. The van der Waals surface area contributed by atoms with E-state index in [-0.39, 0.29) is 0 Å². The Bertz CT molecular complexity index is 1710. The first kappa shape index (κ1) is 27.8. The van der Waals surface area contributed by atoms with Gasteiger partial charge >= 0.3 is 0 Å². The molecule has 0 saturated carbocycles. The van der Waals surface area contributed by atoms with Crippen molar-refractivity contribution in [1.29, 1.82) is 10.5 Å². The largest absolute Gasteiger partial charge is 0.497 e. The normalized spacial score (nSPS) is 10.3. The maximum absolute atomic E-state index is 10.8. The van der Waals surface area contributed by atoms with Crippen LogP contribution in [-0.4, -0.2) is 28.4 Å². The Morgan fingerprint density at radius 2 is 0.595 bits per heavy atom. The topological polar surface area (TPSA) is 84.5 Å². The number of benzene rings is 5. The van der Waals surface area contributed by atoms with Crippen molar-refractivity contribution in [3.05, 3.63) is 108 Å². The van der Waals surface area contributed by atoms with Crippen LogP contribution in [0.2, 0.25) is 0 Å². The Labute approximate surface area is 245 Å². The number of hydrogen-bond acceptors (Lipinski definition) is 6. The van der Waals surface area contributed by atoms with E-state index in [4.69, 9.17) is 18.9 Å². The molecule has 0 aromatic heterocycles. The lowest BCUT2D eigenvalue weighted by Gasteiger charge is -2.23. The maximum atomic E-state index is 10.8. The molecule has 6 heteroatoms. The van der Waals surface area contributed by atoms with E-state index in [1.54, 1.807) is 28.4 Å². The molecule has 0 saturated heterocycles. The molecule has 5 rings (SSSR count). The number of rotatable bonds is 8. The molecule has 0 aliphatic rings. The van der Waals surface area contributed by atoms with E-state index in [0.29, 0.717) is 50.8 Å². The smallest absolute Gasteiger partial charge is 0.118 e. The first-order valence-corrected chi connectivity index (χ1v) is 13.2. The third kappa shape index (κ3) is 5.10. The zero-order valence-corrected chi connectivity index (χ0v) is 23.8. The van der Waals surface area contributed by atoms with Crippen LogP contribution in [-0.2, 0) is 0 Å². The van der Waals surface area contributed by atoms with Gasteiger partial charge in [0.2, 0.25) is 0 Å². The van der Waals surface area contributed by atoms with E-state index in [1.807, 2.05) is 97.1 Å². The Hall–Kier alpha value is -5.72. The van der Waals surface area contributed by atoms with E-state index in [2.05, 4.69) is 12.1 Å². The van der Waals surface area contributed by atoms with Gasteiger partial charge in [0.25, 0.3) is 0 Å². The number of hydrogen-bond donors (Lipinski definition) is 0. The molecular formula is C36H28N2O4. The summed E-state index contributed by atoms with van der Waals surface area (Å²) in [5.41, 5.74) is 6.71. The van der Waals surface area contributed by atoms with Crippen LogP contribution in [0.5, 0.6) is 23.0 Å². The molecule has 0 bridgehead atoms. The number of ether oxygens (including phenoxy) is 4. The molecule has 42 heavy (non-hydrogen) atoms. The average Bonchev–Trinajstić information content (AvgIpc) is 3.07. The maximum Gasteiger partial charge on any atom is 0.118 e. The molecule has 5 aromatic carbocycles. The van der Waals surface area contributed by atoms with Crippen LogP contribution >= 0.6 is 0 Å². The molecule has 0 amide bonds. The predicted molar refractivity (Wildman–Crippen MR) is 164 cm³/mol. The molecular weight excluding hydrogens is 524 g/mol. The molecule has 0 N–H and O–H groups in total. The van der Waals surface area contributed by atoms with Gasteiger partial charge in [-0.15, -0.1) is 0 Å². The summed E-state index contributed by atoms with van der Waals surface area (Å²) in [5, 5.41) is 21.6. The summed E-state index contributed by atoms with van der Waals surface area (Å²) in [6.07, 6.45) is 0. The summed E-state index contributed by atoms with van der Waals surface area (Å²) >= 11 is 0. The van der Waals surface area contributed by atoms with Crippen molar-refractivity contribution in [2.45, 2.75) is 0 Å². The van der Waals surface area contributed by atoms with E-state index < -0.39 is 0 Å². The fourth-order valence-corrected chi connectivity index (χ4v) is 5.16. The molecule has 0 aliphatic heterocycles.